The highest BCUT2D eigenvalue weighted by Gasteiger charge is 2.16. The summed E-state index contributed by atoms with van der Waals surface area (Å²) in [5, 5.41) is 2.15. The lowest BCUT2D eigenvalue weighted by Crippen LogP contribution is -2.25. The van der Waals surface area contributed by atoms with E-state index in [-0.39, 0.29) is 5.91 Å². The highest BCUT2D eigenvalue weighted by Crippen LogP contribution is 2.30. The molecule has 0 aliphatic carbocycles. The number of hydrogen-bond acceptors (Lipinski definition) is 3. The molecule has 0 bridgehead atoms. The van der Waals surface area contributed by atoms with Crippen LogP contribution in [0, 0.1) is 0 Å². The van der Waals surface area contributed by atoms with Gasteiger partial charge in [-0.05, 0) is 30.0 Å². The average molecular weight is 268 g/mol. The fourth-order valence-corrected chi connectivity index (χ4v) is 2.42. The third-order valence-corrected chi connectivity index (χ3v) is 3.30. The van der Waals surface area contributed by atoms with E-state index in [0.29, 0.717) is 13.2 Å². The van der Waals surface area contributed by atoms with Crippen molar-refractivity contribution in [2.75, 3.05) is 13.2 Å². The highest BCUT2D eigenvalue weighted by atomic mass is 16.5. The molecule has 20 heavy (non-hydrogen) atoms. The van der Waals surface area contributed by atoms with E-state index < -0.39 is 0 Å². The second-order valence-electron chi connectivity index (χ2n) is 4.61. The molecule has 1 saturated heterocycles. The standard InChI is InChI=1S/C16H16N2O2/c1-2-20-14-8-4-6-11-5-3-7-12(15(11)14)9-13-10-17-18-16(13)19/h3-9,17H,2,10H2,1H3,(H,18,19)/b13-9+. The van der Waals surface area contributed by atoms with E-state index in [4.69, 9.17) is 4.74 Å². The number of carbonyl (C=O) groups is 1. The zero-order valence-corrected chi connectivity index (χ0v) is 11.3. The Bertz CT molecular complexity index is 687. The van der Waals surface area contributed by atoms with Crippen molar-refractivity contribution >= 4 is 22.8 Å². The molecule has 1 aliphatic heterocycles. The van der Waals surface area contributed by atoms with Gasteiger partial charge in [0.05, 0.1) is 6.61 Å². The maximum Gasteiger partial charge on any atom is 0.262 e. The van der Waals surface area contributed by atoms with Gasteiger partial charge >= 0.3 is 0 Å². The second kappa shape index (κ2) is 5.35. The number of amides is 1. The molecule has 0 unspecified atom stereocenters. The van der Waals surface area contributed by atoms with Crippen LogP contribution in [0.5, 0.6) is 5.75 Å². The first-order chi connectivity index (χ1) is 9.79. The monoisotopic (exact) mass is 268 g/mol. The van der Waals surface area contributed by atoms with E-state index in [9.17, 15) is 4.79 Å². The van der Waals surface area contributed by atoms with Crippen LogP contribution < -0.4 is 15.6 Å². The van der Waals surface area contributed by atoms with Crippen molar-refractivity contribution in [2.24, 2.45) is 0 Å². The molecule has 0 aromatic heterocycles. The van der Waals surface area contributed by atoms with E-state index >= 15 is 0 Å². The van der Waals surface area contributed by atoms with Crippen LogP contribution in [0.2, 0.25) is 0 Å². The predicted molar refractivity (Wildman–Crippen MR) is 79.2 cm³/mol. The molecule has 3 rings (SSSR count). The van der Waals surface area contributed by atoms with Crippen LogP contribution in [-0.4, -0.2) is 19.1 Å². The molecule has 0 atom stereocenters. The van der Waals surface area contributed by atoms with E-state index in [0.717, 1.165) is 27.7 Å². The molecule has 0 spiro atoms. The molecule has 0 saturated carbocycles. The summed E-state index contributed by atoms with van der Waals surface area (Å²) >= 11 is 0. The van der Waals surface area contributed by atoms with Gasteiger partial charge in [-0.3, -0.25) is 10.2 Å². The fourth-order valence-electron chi connectivity index (χ4n) is 2.42. The van der Waals surface area contributed by atoms with E-state index in [2.05, 4.69) is 10.9 Å². The topological polar surface area (TPSA) is 50.4 Å². The number of hydrazine groups is 1. The molecule has 4 heteroatoms. The molecule has 1 aliphatic rings. The molecule has 2 aromatic rings. The number of nitrogens with one attached hydrogen (secondary N) is 2. The molecular weight excluding hydrogens is 252 g/mol. The third kappa shape index (κ3) is 2.26. The van der Waals surface area contributed by atoms with E-state index in [1.807, 2.05) is 49.4 Å². The normalized spacial score (nSPS) is 16.6. The van der Waals surface area contributed by atoms with Crippen LogP contribution in [-0.2, 0) is 4.79 Å². The Morgan fingerprint density at radius 3 is 2.75 bits per heavy atom. The summed E-state index contributed by atoms with van der Waals surface area (Å²) in [6.07, 6.45) is 1.92. The van der Waals surface area contributed by atoms with E-state index in [1.165, 1.54) is 0 Å². The molecule has 1 fully saturated rings. The first-order valence-corrected chi connectivity index (χ1v) is 6.68. The van der Waals surface area contributed by atoms with Gasteiger partial charge < -0.3 is 4.74 Å². The minimum Gasteiger partial charge on any atom is -0.493 e. The maximum atomic E-state index is 11.7. The maximum absolute atomic E-state index is 11.7. The lowest BCUT2D eigenvalue weighted by molar-refractivity contribution is -0.116. The van der Waals surface area contributed by atoms with Gasteiger partial charge in [0.15, 0.2) is 0 Å². The lowest BCUT2D eigenvalue weighted by Gasteiger charge is -2.10. The van der Waals surface area contributed by atoms with Crippen molar-refractivity contribution in [3.63, 3.8) is 0 Å². The summed E-state index contributed by atoms with van der Waals surface area (Å²) in [5.74, 6) is 0.778. The van der Waals surface area contributed by atoms with Crippen LogP contribution in [0.3, 0.4) is 0 Å². The Labute approximate surface area is 117 Å². The molecule has 0 radical (unpaired) electrons. The van der Waals surface area contributed by atoms with Crippen molar-refractivity contribution in [1.82, 2.24) is 10.9 Å². The Kier molecular flexibility index (Phi) is 3.39. The molecular formula is C16H16N2O2. The second-order valence-corrected chi connectivity index (χ2v) is 4.61. The summed E-state index contributed by atoms with van der Waals surface area (Å²) in [4.78, 5) is 11.7. The van der Waals surface area contributed by atoms with Gasteiger partial charge in [-0.25, -0.2) is 5.43 Å². The molecule has 2 aromatic carbocycles. The van der Waals surface area contributed by atoms with Gasteiger partial charge in [0, 0.05) is 17.5 Å². The van der Waals surface area contributed by atoms with Gasteiger partial charge in [-0.2, -0.15) is 0 Å². The first-order valence-electron chi connectivity index (χ1n) is 6.68. The number of carbonyl (C=O) groups excluding carboxylic acids is 1. The van der Waals surface area contributed by atoms with Crippen molar-refractivity contribution in [2.45, 2.75) is 6.92 Å². The highest BCUT2D eigenvalue weighted by molar-refractivity contribution is 6.03. The predicted octanol–water partition coefficient (Wildman–Crippen LogP) is 2.26. The number of ether oxygens (including phenoxy) is 1. The summed E-state index contributed by atoms with van der Waals surface area (Å²) < 4.78 is 5.71. The Hall–Kier alpha value is -2.33. The van der Waals surface area contributed by atoms with Gasteiger partial charge in [-0.1, -0.05) is 30.3 Å². The minimum atomic E-state index is -0.0732. The van der Waals surface area contributed by atoms with Crippen LogP contribution in [0.15, 0.2) is 42.0 Å². The Balaban J connectivity index is 2.17. The summed E-state index contributed by atoms with van der Waals surface area (Å²) in [6.45, 7) is 3.12. The third-order valence-electron chi connectivity index (χ3n) is 3.30. The summed E-state index contributed by atoms with van der Waals surface area (Å²) in [6, 6.07) is 12.0. The number of benzene rings is 2. The SMILES string of the molecule is CCOc1cccc2cccc(/C=C3\CNNC3=O)c12. The minimum absolute atomic E-state index is 0.0732. The number of hydrogen-bond donors (Lipinski definition) is 2. The van der Waals surface area contributed by atoms with Crippen LogP contribution >= 0.6 is 0 Å². The molecule has 1 heterocycles. The van der Waals surface area contributed by atoms with Crippen molar-refractivity contribution in [1.29, 1.82) is 0 Å². The molecule has 4 nitrogen and oxygen atoms in total. The molecule has 2 N–H and O–H groups in total. The van der Waals surface area contributed by atoms with E-state index in [1.54, 1.807) is 0 Å². The molecule has 102 valence electrons. The van der Waals surface area contributed by atoms with Crippen molar-refractivity contribution in [3.05, 3.63) is 47.5 Å². The van der Waals surface area contributed by atoms with Crippen LogP contribution in [0.4, 0.5) is 0 Å². The largest absolute Gasteiger partial charge is 0.493 e. The smallest absolute Gasteiger partial charge is 0.262 e. The zero-order valence-electron chi connectivity index (χ0n) is 11.3. The zero-order chi connectivity index (χ0) is 13.9. The number of rotatable bonds is 3. The van der Waals surface area contributed by atoms with Gasteiger partial charge in [0.1, 0.15) is 5.75 Å². The number of fused-ring (bicyclic) bond motifs is 1. The van der Waals surface area contributed by atoms with Crippen LogP contribution in [0.1, 0.15) is 12.5 Å². The quantitative estimate of drug-likeness (QED) is 0.839. The average Bonchev–Trinajstić information content (AvgIpc) is 2.85. The Morgan fingerprint density at radius 1 is 1.25 bits per heavy atom. The summed E-state index contributed by atoms with van der Waals surface area (Å²) in [7, 11) is 0. The molecule has 1 amide bonds. The lowest BCUT2D eigenvalue weighted by atomic mass is 10.0. The van der Waals surface area contributed by atoms with Gasteiger partial charge in [0.25, 0.3) is 5.91 Å². The van der Waals surface area contributed by atoms with Gasteiger partial charge in [-0.15, -0.1) is 0 Å². The van der Waals surface area contributed by atoms with Crippen molar-refractivity contribution in [3.8, 4) is 5.75 Å². The Morgan fingerprint density at radius 2 is 2.05 bits per heavy atom. The summed E-state index contributed by atoms with van der Waals surface area (Å²) in [5.41, 5.74) is 7.15. The first kappa shape index (κ1) is 12.7. The fraction of sp³-hybridized carbons (Fsp3) is 0.188. The van der Waals surface area contributed by atoms with Gasteiger partial charge in [0.2, 0.25) is 0 Å². The van der Waals surface area contributed by atoms with Crippen molar-refractivity contribution < 1.29 is 9.53 Å². The van der Waals surface area contributed by atoms with Crippen LogP contribution in [0.25, 0.3) is 16.8 Å².